The third-order valence-corrected chi connectivity index (χ3v) is 1.94. The normalized spacial score (nSPS) is 10.1. The Morgan fingerprint density at radius 2 is 2.27 bits per heavy atom. The first-order valence-corrected chi connectivity index (χ1v) is 4.63. The summed E-state index contributed by atoms with van der Waals surface area (Å²) < 4.78 is 1.05. The lowest BCUT2D eigenvalue weighted by Gasteiger charge is -2.00. The van der Waals surface area contributed by atoms with Crippen LogP contribution in [-0.4, -0.2) is 11.5 Å². The fourth-order valence-electron chi connectivity index (χ4n) is 0.970. The first kappa shape index (κ1) is 8.93. The quantitative estimate of drug-likeness (QED) is 0.648. The first-order chi connectivity index (χ1) is 5.22. The zero-order valence-electron chi connectivity index (χ0n) is 6.47. The summed E-state index contributed by atoms with van der Waals surface area (Å²) in [6, 6.07) is 4.13. The van der Waals surface area contributed by atoms with E-state index in [1.807, 2.05) is 0 Å². The number of aryl methyl sites for hydroxylation is 1. The Balaban J connectivity index is 2.89. The molecule has 1 heterocycles. The standard InChI is InChI=1S/C8H11IN2/c1-6-4-7(2-3-10)11-8(9)5-6/h4-5H,2-3,10H2,1H3. The van der Waals surface area contributed by atoms with Gasteiger partial charge in [-0.2, -0.15) is 0 Å². The van der Waals surface area contributed by atoms with E-state index in [-0.39, 0.29) is 0 Å². The highest BCUT2D eigenvalue weighted by atomic mass is 127. The fourth-order valence-corrected chi connectivity index (χ4v) is 1.77. The summed E-state index contributed by atoms with van der Waals surface area (Å²) in [5, 5.41) is 0. The van der Waals surface area contributed by atoms with E-state index in [4.69, 9.17) is 5.73 Å². The Hall–Kier alpha value is -0.160. The topological polar surface area (TPSA) is 38.9 Å². The number of hydrogen-bond donors (Lipinski definition) is 1. The molecule has 0 radical (unpaired) electrons. The minimum Gasteiger partial charge on any atom is -0.330 e. The third-order valence-electron chi connectivity index (χ3n) is 1.39. The molecule has 60 valence electrons. The van der Waals surface area contributed by atoms with Gasteiger partial charge in [0.2, 0.25) is 0 Å². The monoisotopic (exact) mass is 262 g/mol. The van der Waals surface area contributed by atoms with Gasteiger partial charge in [-0.05, 0) is 53.8 Å². The highest BCUT2D eigenvalue weighted by Gasteiger charge is 1.95. The lowest BCUT2D eigenvalue weighted by Crippen LogP contribution is -2.05. The highest BCUT2D eigenvalue weighted by Crippen LogP contribution is 2.07. The molecule has 0 aliphatic heterocycles. The number of hydrogen-bond acceptors (Lipinski definition) is 2. The van der Waals surface area contributed by atoms with Crippen molar-refractivity contribution < 1.29 is 0 Å². The molecule has 3 heteroatoms. The van der Waals surface area contributed by atoms with E-state index in [0.717, 1.165) is 15.8 Å². The van der Waals surface area contributed by atoms with Gasteiger partial charge in [-0.1, -0.05) is 0 Å². The van der Waals surface area contributed by atoms with Gasteiger partial charge in [0.05, 0.1) is 0 Å². The third kappa shape index (κ3) is 2.75. The molecule has 0 atom stereocenters. The van der Waals surface area contributed by atoms with Crippen molar-refractivity contribution in [2.24, 2.45) is 5.73 Å². The molecule has 0 bridgehead atoms. The number of pyridine rings is 1. The van der Waals surface area contributed by atoms with E-state index in [9.17, 15) is 0 Å². The average Bonchev–Trinajstić information content (AvgIpc) is 1.85. The van der Waals surface area contributed by atoms with Crippen LogP contribution in [0.4, 0.5) is 0 Å². The molecule has 0 saturated heterocycles. The summed E-state index contributed by atoms with van der Waals surface area (Å²) >= 11 is 2.22. The van der Waals surface area contributed by atoms with E-state index >= 15 is 0 Å². The molecule has 0 aliphatic rings. The maximum Gasteiger partial charge on any atom is 0.101 e. The van der Waals surface area contributed by atoms with Gasteiger partial charge in [0.15, 0.2) is 0 Å². The highest BCUT2D eigenvalue weighted by molar-refractivity contribution is 14.1. The van der Waals surface area contributed by atoms with Gasteiger partial charge in [0, 0.05) is 12.1 Å². The van der Waals surface area contributed by atoms with Crippen LogP contribution in [0.2, 0.25) is 0 Å². The molecule has 2 N–H and O–H groups in total. The Labute approximate surface area is 80.3 Å². The van der Waals surface area contributed by atoms with Gasteiger partial charge >= 0.3 is 0 Å². The van der Waals surface area contributed by atoms with Gasteiger partial charge in [-0.3, -0.25) is 0 Å². The van der Waals surface area contributed by atoms with Crippen LogP contribution in [-0.2, 0) is 6.42 Å². The predicted octanol–water partition coefficient (Wildman–Crippen LogP) is 1.50. The summed E-state index contributed by atoms with van der Waals surface area (Å²) in [6.07, 6.45) is 0.873. The fraction of sp³-hybridized carbons (Fsp3) is 0.375. The van der Waals surface area contributed by atoms with Crippen molar-refractivity contribution in [3.05, 3.63) is 27.1 Å². The second kappa shape index (κ2) is 4.01. The molecule has 1 rings (SSSR count). The average molecular weight is 262 g/mol. The van der Waals surface area contributed by atoms with Crippen LogP contribution in [0.15, 0.2) is 12.1 Å². The van der Waals surface area contributed by atoms with Crippen molar-refractivity contribution in [2.45, 2.75) is 13.3 Å². The van der Waals surface area contributed by atoms with Gasteiger partial charge in [-0.25, -0.2) is 4.98 Å². The van der Waals surface area contributed by atoms with Crippen LogP contribution in [0.5, 0.6) is 0 Å². The maximum absolute atomic E-state index is 5.42. The Kier molecular flexibility index (Phi) is 3.26. The summed E-state index contributed by atoms with van der Waals surface area (Å²) in [4.78, 5) is 4.33. The van der Waals surface area contributed by atoms with Crippen LogP contribution in [0.3, 0.4) is 0 Å². The number of nitrogens with two attached hydrogens (primary N) is 1. The van der Waals surface area contributed by atoms with Crippen molar-refractivity contribution in [2.75, 3.05) is 6.54 Å². The minimum atomic E-state index is 0.673. The van der Waals surface area contributed by atoms with E-state index in [1.54, 1.807) is 0 Å². The van der Waals surface area contributed by atoms with E-state index in [2.05, 4.69) is 46.6 Å². The van der Waals surface area contributed by atoms with E-state index < -0.39 is 0 Å². The second-order valence-corrected chi connectivity index (χ2v) is 3.60. The molecule has 1 aromatic rings. The molecule has 0 aromatic carbocycles. The SMILES string of the molecule is Cc1cc(I)nc(CCN)c1. The summed E-state index contributed by atoms with van der Waals surface area (Å²) in [5.41, 5.74) is 7.77. The van der Waals surface area contributed by atoms with Gasteiger partial charge < -0.3 is 5.73 Å². The molecular formula is C8H11IN2. The number of nitrogens with zero attached hydrogens (tertiary/aromatic N) is 1. The Bertz CT molecular complexity index is 228. The lowest BCUT2D eigenvalue weighted by atomic mass is 10.2. The van der Waals surface area contributed by atoms with Crippen LogP contribution in [0, 0.1) is 10.6 Å². The number of rotatable bonds is 2. The maximum atomic E-state index is 5.42. The second-order valence-electron chi connectivity index (χ2n) is 2.50. The molecule has 0 spiro atoms. The smallest absolute Gasteiger partial charge is 0.101 e. The molecule has 0 aliphatic carbocycles. The first-order valence-electron chi connectivity index (χ1n) is 3.55. The Morgan fingerprint density at radius 1 is 1.55 bits per heavy atom. The van der Waals surface area contributed by atoms with Crippen molar-refractivity contribution >= 4 is 22.6 Å². The van der Waals surface area contributed by atoms with Crippen LogP contribution in [0.25, 0.3) is 0 Å². The van der Waals surface area contributed by atoms with Gasteiger partial charge in [-0.15, -0.1) is 0 Å². The summed E-state index contributed by atoms with van der Waals surface area (Å²) in [5.74, 6) is 0. The molecule has 0 amide bonds. The molecule has 2 nitrogen and oxygen atoms in total. The Morgan fingerprint density at radius 3 is 2.82 bits per heavy atom. The van der Waals surface area contributed by atoms with Crippen LogP contribution in [0.1, 0.15) is 11.3 Å². The molecular weight excluding hydrogens is 251 g/mol. The van der Waals surface area contributed by atoms with Crippen molar-refractivity contribution in [1.29, 1.82) is 0 Å². The predicted molar refractivity (Wildman–Crippen MR) is 54.4 cm³/mol. The molecule has 0 fully saturated rings. The van der Waals surface area contributed by atoms with Crippen molar-refractivity contribution in [3.63, 3.8) is 0 Å². The zero-order valence-corrected chi connectivity index (χ0v) is 8.63. The van der Waals surface area contributed by atoms with E-state index in [0.29, 0.717) is 6.54 Å². The lowest BCUT2D eigenvalue weighted by molar-refractivity contribution is 0.913. The van der Waals surface area contributed by atoms with Gasteiger partial charge in [0.1, 0.15) is 3.70 Å². The number of aromatic nitrogens is 1. The molecule has 1 aromatic heterocycles. The number of halogens is 1. The van der Waals surface area contributed by atoms with E-state index in [1.165, 1.54) is 5.56 Å². The summed E-state index contributed by atoms with van der Waals surface area (Å²) in [7, 11) is 0. The molecule has 0 saturated carbocycles. The van der Waals surface area contributed by atoms with Crippen LogP contribution < -0.4 is 5.73 Å². The zero-order chi connectivity index (χ0) is 8.27. The van der Waals surface area contributed by atoms with Crippen molar-refractivity contribution in [1.82, 2.24) is 4.98 Å². The largest absolute Gasteiger partial charge is 0.330 e. The van der Waals surface area contributed by atoms with Gasteiger partial charge in [0.25, 0.3) is 0 Å². The molecule has 0 unspecified atom stereocenters. The minimum absolute atomic E-state index is 0.673. The molecule has 11 heavy (non-hydrogen) atoms. The van der Waals surface area contributed by atoms with Crippen molar-refractivity contribution in [3.8, 4) is 0 Å². The summed E-state index contributed by atoms with van der Waals surface area (Å²) in [6.45, 7) is 2.75. The van der Waals surface area contributed by atoms with Crippen LogP contribution >= 0.6 is 22.6 Å².